The second-order valence-electron chi connectivity index (χ2n) is 6.16. The van der Waals surface area contributed by atoms with Crippen LogP contribution in [0.3, 0.4) is 0 Å². The van der Waals surface area contributed by atoms with Crippen molar-refractivity contribution in [3.8, 4) is 6.01 Å². The number of nitrogens with zero attached hydrogens (tertiary/aromatic N) is 3. The number of hydrogen-bond donors (Lipinski definition) is 0. The summed E-state index contributed by atoms with van der Waals surface area (Å²) in [5.74, 6) is 0.763. The molecule has 106 valence electrons. The standard InChI is InChI=1S/C15H25N3O/c1-12(2)15(3)5-7-18(8-6-15)11-13-9-16-14(19-4)17-10-13/h9-10,12H,5-8,11H2,1-4H3. The Labute approximate surface area is 116 Å². The Kier molecular flexibility index (Phi) is 4.40. The van der Waals surface area contributed by atoms with Gasteiger partial charge < -0.3 is 4.74 Å². The number of piperidine rings is 1. The molecule has 0 bridgehead atoms. The summed E-state index contributed by atoms with van der Waals surface area (Å²) in [5, 5.41) is 0. The lowest BCUT2D eigenvalue weighted by molar-refractivity contribution is 0.0741. The van der Waals surface area contributed by atoms with Crippen molar-refractivity contribution in [1.29, 1.82) is 0 Å². The number of likely N-dealkylation sites (tertiary alicyclic amines) is 1. The Bertz CT molecular complexity index is 394. The van der Waals surface area contributed by atoms with Crippen molar-refractivity contribution in [1.82, 2.24) is 14.9 Å². The van der Waals surface area contributed by atoms with E-state index < -0.39 is 0 Å². The van der Waals surface area contributed by atoms with E-state index in [1.807, 2.05) is 12.4 Å². The second kappa shape index (κ2) is 5.87. The molecule has 0 N–H and O–H groups in total. The summed E-state index contributed by atoms with van der Waals surface area (Å²) in [6, 6.07) is 0.440. The van der Waals surface area contributed by atoms with E-state index in [1.165, 1.54) is 25.9 Å². The molecule has 1 aromatic heterocycles. The molecule has 0 radical (unpaired) electrons. The van der Waals surface area contributed by atoms with E-state index in [4.69, 9.17) is 4.74 Å². The van der Waals surface area contributed by atoms with E-state index in [-0.39, 0.29) is 0 Å². The molecule has 2 heterocycles. The zero-order valence-electron chi connectivity index (χ0n) is 12.5. The van der Waals surface area contributed by atoms with Gasteiger partial charge in [0.15, 0.2) is 0 Å². The van der Waals surface area contributed by atoms with Crippen LogP contribution in [0.15, 0.2) is 12.4 Å². The molecule has 0 unspecified atom stereocenters. The van der Waals surface area contributed by atoms with Crippen LogP contribution in [0.25, 0.3) is 0 Å². The van der Waals surface area contributed by atoms with Gasteiger partial charge in [-0.05, 0) is 37.3 Å². The number of hydrogen-bond acceptors (Lipinski definition) is 4. The molecule has 0 saturated carbocycles. The third-order valence-electron chi connectivity index (χ3n) is 4.66. The van der Waals surface area contributed by atoms with Crippen LogP contribution in [-0.2, 0) is 6.54 Å². The summed E-state index contributed by atoms with van der Waals surface area (Å²) < 4.78 is 4.98. The largest absolute Gasteiger partial charge is 0.467 e. The highest BCUT2D eigenvalue weighted by Gasteiger charge is 2.32. The highest BCUT2D eigenvalue weighted by atomic mass is 16.5. The van der Waals surface area contributed by atoms with Crippen LogP contribution >= 0.6 is 0 Å². The highest BCUT2D eigenvalue weighted by molar-refractivity contribution is 5.07. The van der Waals surface area contributed by atoms with Gasteiger partial charge in [0.1, 0.15) is 0 Å². The van der Waals surface area contributed by atoms with Crippen LogP contribution in [-0.4, -0.2) is 35.1 Å². The lowest BCUT2D eigenvalue weighted by atomic mass is 9.72. The predicted octanol–water partition coefficient (Wildman–Crippen LogP) is 2.74. The van der Waals surface area contributed by atoms with E-state index in [1.54, 1.807) is 7.11 Å². The zero-order chi connectivity index (χ0) is 13.9. The molecular weight excluding hydrogens is 238 g/mol. The van der Waals surface area contributed by atoms with Gasteiger partial charge in [-0.2, -0.15) is 0 Å². The molecule has 0 aromatic carbocycles. The van der Waals surface area contributed by atoms with Crippen molar-refractivity contribution >= 4 is 0 Å². The molecule has 1 aromatic rings. The van der Waals surface area contributed by atoms with Crippen molar-refractivity contribution < 1.29 is 4.74 Å². The number of ether oxygens (including phenoxy) is 1. The first-order valence-corrected chi connectivity index (χ1v) is 7.11. The number of aromatic nitrogens is 2. The SMILES string of the molecule is COc1ncc(CN2CCC(C)(C(C)C)CC2)cn1. The minimum absolute atomic E-state index is 0.440. The van der Waals surface area contributed by atoms with Gasteiger partial charge in [0.25, 0.3) is 0 Å². The van der Waals surface area contributed by atoms with Gasteiger partial charge in [-0.1, -0.05) is 20.8 Å². The topological polar surface area (TPSA) is 38.2 Å². The van der Waals surface area contributed by atoms with Gasteiger partial charge in [-0.25, -0.2) is 9.97 Å². The van der Waals surface area contributed by atoms with E-state index in [0.717, 1.165) is 18.0 Å². The Morgan fingerprint density at radius 1 is 1.26 bits per heavy atom. The van der Waals surface area contributed by atoms with Gasteiger partial charge in [0.05, 0.1) is 7.11 Å². The first kappa shape index (κ1) is 14.3. The maximum absolute atomic E-state index is 4.98. The average molecular weight is 263 g/mol. The molecule has 2 rings (SSSR count). The molecule has 1 saturated heterocycles. The summed E-state index contributed by atoms with van der Waals surface area (Å²) in [4.78, 5) is 10.8. The van der Waals surface area contributed by atoms with Gasteiger partial charge in [0.2, 0.25) is 0 Å². The normalized spacial score (nSPS) is 19.6. The van der Waals surface area contributed by atoms with Crippen LogP contribution < -0.4 is 4.74 Å². The minimum atomic E-state index is 0.440. The highest BCUT2D eigenvalue weighted by Crippen LogP contribution is 2.38. The van der Waals surface area contributed by atoms with Crippen LogP contribution in [0.4, 0.5) is 0 Å². The van der Waals surface area contributed by atoms with Crippen molar-refractivity contribution in [2.45, 2.75) is 40.2 Å². The molecule has 19 heavy (non-hydrogen) atoms. The maximum atomic E-state index is 4.98. The van der Waals surface area contributed by atoms with Crippen LogP contribution in [0.1, 0.15) is 39.2 Å². The third kappa shape index (κ3) is 3.44. The molecule has 0 atom stereocenters. The minimum Gasteiger partial charge on any atom is -0.467 e. The van der Waals surface area contributed by atoms with Crippen molar-refractivity contribution in [2.75, 3.05) is 20.2 Å². The molecule has 0 spiro atoms. The van der Waals surface area contributed by atoms with Gasteiger partial charge in [-0.15, -0.1) is 0 Å². The molecular formula is C15H25N3O. The fourth-order valence-corrected chi connectivity index (χ4v) is 2.59. The number of rotatable bonds is 4. The third-order valence-corrected chi connectivity index (χ3v) is 4.66. The fraction of sp³-hybridized carbons (Fsp3) is 0.733. The molecule has 1 fully saturated rings. The van der Waals surface area contributed by atoms with Crippen LogP contribution in [0.5, 0.6) is 6.01 Å². The zero-order valence-corrected chi connectivity index (χ0v) is 12.5. The predicted molar refractivity (Wildman–Crippen MR) is 76.0 cm³/mol. The molecule has 1 aliphatic heterocycles. The summed E-state index contributed by atoms with van der Waals surface area (Å²) in [6.45, 7) is 10.4. The Balaban J connectivity index is 1.88. The van der Waals surface area contributed by atoms with Crippen molar-refractivity contribution in [3.05, 3.63) is 18.0 Å². The smallest absolute Gasteiger partial charge is 0.316 e. The summed E-state index contributed by atoms with van der Waals surface area (Å²) in [7, 11) is 1.59. The first-order valence-electron chi connectivity index (χ1n) is 7.11. The Hall–Kier alpha value is -1.16. The maximum Gasteiger partial charge on any atom is 0.316 e. The molecule has 1 aliphatic rings. The molecule has 4 heteroatoms. The summed E-state index contributed by atoms with van der Waals surface area (Å²) in [6.07, 6.45) is 6.29. The van der Waals surface area contributed by atoms with E-state index in [2.05, 4.69) is 35.6 Å². The fourth-order valence-electron chi connectivity index (χ4n) is 2.59. The average Bonchev–Trinajstić information content (AvgIpc) is 2.42. The second-order valence-corrected chi connectivity index (χ2v) is 6.16. The Morgan fingerprint density at radius 2 is 1.84 bits per heavy atom. The molecule has 4 nitrogen and oxygen atoms in total. The molecule has 0 aliphatic carbocycles. The summed E-state index contributed by atoms with van der Waals surface area (Å²) in [5.41, 5.74) is 1.67. The van der Waals surface area contributed by atoms with Crippen molar-refractivity contribution in [3.63, 3.8) is 0 Å². The quantitative estimate of drug-likeness (QED) is 0.837. The van der Waals surface area contributed by atoms with Gasteiger partial charge >= 0.3 is 6.01 Å². The number of methoxy groups -OCH3 is 1. The van der Waals surface area contributed by atoms with E-state index in [9.17, 15) is 0 Å². The lowest BCUT2D eigenvalue weighted by Crippen LogP contribution is -2.40. The van der Waals surface area contributed by atoms with Gasteiger partial charge in [-0.3, -0.25) is 4.90 Å². The van der Waals surface area contributed by atoms with Crippen LogP contribution in [0.2, 0.25) is 0 Å². The lowest BCUT2D eigenvalue weighted by Gasteiger charge is -2.42. The van der Waals surface area contributed by atoms with Gasteiger partial charge in [0, 0.05) is 24.5 Å². The van der Waals surface area contributed by atoms with Crippen LogP contribution in [0, 0.1) is 11.3 Å². The summed E-state index contributed by atoms with van der Waals surface area (Å²) >= 11 is 0. The van der Waals surface area contributed by atoms with Crippen molar-refractivity contribution in [2.24, 2.45) is 11.3 Å². The molecule has 0 amide bonds. The first-order chi connectivity index (χ1) is 9.03. The van der Waals surface area contributed by atoms with E-state index >= 15 is 0 Å². The monoisotopic (exact) mass is 263 g/mol. The Morgan fingerprint density at radius 3 is 2.32 bits per heavy atom. The van der Waals surface area contributed by atoms with E-state index in [0.29, 0.717) is 11.4 Å².